The number of nitrogens with zero attached hydrogens (tertiary/aromatic N) is 4. The lowest BCUT2D eigenvalue weighted by Crippen LogP contribution is -2.36. The maximum absolute atomic E-state index is 11.8. The van der Waals surface area contributed by atoms with Gasteiger partial charge in [-0.1, -0.05) is 11.3 Å². The molecule has 1 atom stereocenters. The van der Waals surface area contributed by atoms with Crippen molar-refractivity contribution in [2.24, 2.45) is 5.92 Å². The molecule has 19 heavy (non-hydrogen) atoms. The number of anilines is 1. The number of aryl methyl sites for hydroxylation is 1. The van der Waals surface area contributed by atoms with E-state index in [4.69, 9.17) is 0 Å². The number of aromatic nitrogens is 3. The number of piperidine rings is 1. The molecule has 2 aromatic rings. The topological polar surface area (TPSA) is 70.7 Å². The van der Waals surface area contributed by atoms with Gasteiger partial charge in [0.1, 0.15) is 0 Å². The van der Waals surface area contributed by atoms with Crippen molar-refractivity contribution in [3.63, 3.8) is 0 Å². The first-order valence-corrected chi connectivity index (χ1v) is 7.22. The van der Waals surface area contributed by atoms with Crippen LogP contribution in [0.5, 0.6) is 0 Å². The van der Waals surface area contributed by atoms with Gasteiger partial charge in [0.2, 0.25) is 10.1 Å². The molecule has 0 unspecified atom stereocenters. The molecule has 1 N–H and O–H groups in total. The molecule has 3 heterocycles. The number of hydrogen-bond donors (Lipinski definition) is 1. The summed E-state index contributed by atoms with van der Waals surface area (Å²) in [5.41, 5.74) is 0.577. The fourth-order valence-electron chi connectivity index (χ4n) is 2.43. The van der Waals surface area contributed by atoms with Gasteiger partial charge in [0, 0.05) is 31.5 Å². The third kappa shape index (κ3) is 2.35. The Balaban J connectivity index is 1.97. The molecule has 2 aromatic heterocycles. The van der Waals surface area contributed by atoms with E-state index in [0.29, 0.717) is 16.6 Å². The van der Waals surface area contributed by atoms with Crippen molar-refractivity contribution in [2.45, 2.75) is 19.8 Å². The van der Waals surface area contributed by atoms with Gasteiger partial charge in [-0.15, -0.1) is 5.10 Å². The van der Waals surface area contributed by atoms with Gasteiger partial charge in [0.25, 0.3) is 5.56 Å². The van der Waals surface area contributed by atoms with E-state index in [1.54, 1.807) is 0 Å². The van der Waals surface area contributed by atoms with Crippen LogP contribution in [0.1, 0.15) is 18.5 Å². The van der Waals surface area contributed by atoms with Gasteiger partial charge in [-0.25, -0.2) is 4.98 Å². The van der Waals surface area contributed by atoms with Gasteiger partial charge in [-0.05, 0) is 25.7 Å². The first-order valence-electron chi connectivity index (χ1n) is 6.40. The third-order valence-corrected chi connectivity index (χ3v) is 4.38. The second kappa shape index (κ2) is 4.90. The van der Waals surface area contributed by atoms with Gasteiger partial charge >= 0.3 is 0 Å². The molecule has 1 fully saturated rings. The van der Waals surface area contributed by atoms with E-state index >= 15 is 0 Å². The SMILES string of the molecule is Cc1cc(=O)n2nc(N3CCC[C@H](CO)C3)sc2n1. The largest absolute Gasteiger partial charge is 0.396 e. The lowest BCUT2D eigenvalue weighted by Gasteiger charge is -2.31. The van der Waals surface area contributed by atoms with Crippen LogP contribution >= 0.6 is 11.3 Å². The van der Waals surface area contributed by atoms with E-state index in [-0.39, 0.29) is 12.2 Å². The van der Waals surface area contributed by atoms with Crippen molar-refractivity contribution >= 4 is 21.4 Å². The maximum atomic E-state index is 11.8. The minimum absolute atomic E-state index is 0.138. The van der Waals surface area contributed by atoms with Crippen molar-refractivity contribution in [2.75, 3.05) is 24.6 Å². The van der Waals surface area contributed by atoms with Crippen LogP contribution in [0.4, 0.5) is 5.13 Å². The summed E-state index contributed by atoms with van der Waals surface area (Å²) < 4.78 is 1.36. The Morgan fingerprint density at radius 1 is 1.58 bits per heavy atom. The van der Waals surface area contributed by atoms with Gasteiger partial charge in [-0.3, -0.25) is 4.79 Å². The molecule has 3 rings (SSSR count). The molecule has 6 nitrogen and oxygen atoms in total. The van der Waals surface area contributed by atoms with E-state index in [1.807, 2.05) is 6.92 Å². The Morgan fingerprint density at radius 2 is 2.42 bits per heavy atom. The average molecular weight is 280 g/mol. The lowest BCUT2D eigenvalue weighted by molar-refractivity contribution is 0.208. The molecule has 0 radical (unpaired) electrons. The quantitative estimate of drug-likeness (QED) is 0.875. The molecule has 7 heteroatoms. The smallest absolute Gasteiger partial charge is 0.275 e. The molecule has 1 saturated heterocycles. The summed E-state index contributed by atoms with van der Waals surface area (Å²) in [6, 6.07) is 1.49. The lowest BCUT2D eigenvalue weighted by atomic mass is 10.00. The highest BCUT2D eigenvalue weighted by atomic mass is 32.1. The van der Waals surface area contributed by atoms with Crippen LogP contribution in [0.15, 0.2) is 10.9 Å². The van der Waals surface area contributed by atoms with Crippen LogP contribution in [-0.4, -0.2) is 39.4 Å². The van der Waals surface area contributed by atoms with Gasteiger partial charge in [0.05, 0.1) is 0 Å². The highest BCUT2D eigenvalue weighted by Crippen LogP contribution is 2.26. The standard InChI is InChI=1S/C12H16N4O2S/c1-8-5-10(18)16-11(13-8)19-12(14-16)15-4-2-3-9(6-15)7-17/h5,9,17H,2-4,6-7H2,1H3/t9-/m0/s1. The summed E-state index contributed by atoms with van der Waals surface area (Å²) in [5.74, 6) is 0.298. The first kappa shape index (κ1) is 12.6. The number of fused-ring (bicyclic) bond motifs is 1. The Bertz CT molecular complexity index is 651. The van der Waals surface area contributed by atoms with Crippen LogP contribution in [-0.2, 0) is 0 Å². The average Bonchev–Trinajstić information content (AvgIpc) is 2.83. The predicted octanol–water partition coefficient (Wildman–Crippen LogP) is 0.668. The number of aliphatic hydroxyl groups excluding tert-OH is 1. The van der Waals surface area contributed by atoms with Crippen LogP contribution < -0.4 is 10.5 Å². The normalized spacial score (nSPS) is 20.1. The molecular formula is C12H16N4O2S. The zero-order valence-corrected chi connectivity index (χ0v) is 11.6. The Kier molecular flexibility index (Phi) is 3.24. The molecule has 1 aliphatic heterocycles. The zero-order valence-electron chi connectivity index (χ0n) is 10.7. The Labute approximate surface area is 114 Å². The third-order valence-electron chi connectivity index (χ3n) is 3.41. The van der Waals surface area contributed by atoms with Crippen molar-refractivity contribution in [3.05, 3.63) is 22.1 Å². The molecule has 0 bridgehead atoms. The van der Waals surface area contributed by atoms with Crippen molar-refractivity contribution < 1.29 is 5.11 Å². The van der Waals surface area contributed by atoms with Crippen LogP contribution in [0, 0.1) is 12.8 Å². The second-order valence-electron chi connectivity index (χ2n) is 4.95. The fourth-order valence-corrected chi connectivity index (χ4v) is 3.41. The van der Waals surface area contributed by atoms with E-state index < -0.39 is 0 Å². The molecule has 0 spiro atoms. The van der Waals surface area contributed by atoms with Crippen molar-refractivity contribution in [1.82, 2.24) is 14.6 Å². The van der Waals surface area contributed by atoms with Gasteiger partial charge < -0.3 is 10.0 Å². The van der Waals surface area contributed by atoms with Crippen LogP contribution in [0.25, 0.3) is 4.96 Å². The summed E-state index contributed by atoms with van der Waals surface area (Å²) in [4.78, 5) is 18.9. The predicted molar refractivity (Wildman–Crippen MR) is 73.9 cm³/mol. The Morgan fingerprint density at radius 3 is 3.21 bits per heavy atom. The summed E-state index contributed by atoms with van der Waals surface area (Å²) in [5, 5.41) is 14.4. The highest BCUT2D eigenvalue weighted by Gasteiger charge is 2.22. The van der Waals surface area contributed by atoms with Crippen molar-refractivity contribution in [1.29, 1.82) is 0 Å². The molecule has 1 aliphatic rings. The molecule has 0 aliphatic carbocycles. The van der Waals surface area contributed by atoms with Crippen LogP contribution in [0.2, 0.25) is 0 Å². The summed E-state index contributed by atoms with van der Waals surface area (Å²) in [6.45, 7) is 3.73. The van der Waals surface area contributed by atoms with E-state index in [0.717, 1.165) is 31.1 Å². The van der Waals surface area contributed by atoms with Crippen LogP contribution in [0.3, 0.4) is 0 Å². The number of hydrogen-bond acceptors (Lipinski definition) is 6. The summed E-state index contributed by atoms with van der Waals surface area (Å²) in [7, 11) is 0. The first-order chi connectivity index (χ1) is 9.17. The van der Waals surface area contributed by atoms with E-state index in [9.17, 15) is 9.90 Å². The number of rotatable bonds is 2. The maximum Gasteiger partial charge on any atom is 0.275 e. The Hall–Kier alpha value is -1.47. The minimum Gasteiger partial charge on any atom is -0.396 e. The molecule has 0 aromatic carbocycles. The number of aliphatic hydroxyl groups is 1. The van der Waals surface area contributed by atoms with Gasteiger partial charge in [0.15, 0.2) is 0 Å². The second-order valence-corrected chi connectivity index (χ2v) is 5.89. The fraction of sp³-hybridized carbons (Fsp3) is 0.583. The van der Waals surface area contributed by atoms with Gasteiger partial charge in [-0.2, -0.15) is 4.52 Å². The summed E-state index contributed by atoms with van der Waals surface area (Å²) in [6.07, 6.45) is 2.09. The van der Waals surface area contributed by atoms with E-state index in [1.165, 1.54) is 21.9 Å². The summed E-state index contributed by atoms with van der Waals surface area (Å²) >= 11 is 1.43. The van der Waals surface area contributed by atoms with E-state index in [2.05, 4.69) is 15.0 Å². The monoisotopic (exact) mass is 280 g/mol. The molecule has 0 saturated carbocycles. The molecule has 102 valence electrons. The molecule has 0 amide bonds. The molecular weight excluding hydrogens is 264 g/mol. The highest BCUT2D eigenvalue weighted by molar-refractivity contribution is 7.20. The van der Waals surface area contributed by atoms with Crippen molar-refractivity contribution in [3.8, 4) is 0 Å². The minimum atomic E-state index is -0.138. The zero-order chi connectivity index (χ0) is 13.4.